The van der Waals surface area contributed by atoms with E-state index in [0.29, 0.717) is 12.5 Å². The van der Waals surface area contributed by atoms with E-state index >= 15 is 0 Å². The van der Waals surface area contributed by atoms with E-state index in [0.717, 1.165) is 13.0 Å². The van der Waals surface area contributed by atoms with Crippen LogP contribution in [0.1, 0.15) is 27.2 Å². The number of esters is 1. The van der Waals surface area contributed by atoms with Crippen LogP contribution < -0.4 is 10.6 Å². The summed E-state index contributed by atoms with van der Waals surface area (Å²) in [5, 5.41) is 6.02. The van der Waals surface area contributed by atoms with Crippen LogP contribution in [-0.2, 0) is 14.3 Å². The fraction of sp³-hybridized carbons (Fsp3) is 0.846. The first kappa shape index (κ1) is 15.0. The molecule has 5 nitrogen and oxygen atoms in total. The van der Waals surface area contributed by atoms with Crippen molar-refractivity contribution in [1.29, 1.82) is 0 Å². The molecule has 0 bridgehead atoms. The minimum atomic E-state index is -0.541. The molecule has 0 aromatic rings. The Morgan fingerprint density at radius 3 is 2.56 bits per heavy atom. The molecule has 0 radical (unpaired) electrons. The van der Waals surface area contributed by atoms with Crippen LogP contribution in [0.4, 0.5) is 0 Å². The molecule has 1 fully saturated rings. The molecule has 0 aromatic heterocycles. The van der Waals surface area contributed by atoms with Gasteiger partial charge in [-0.3, -0.25) is 4.79 Å². The largest absolute Gasteiger partial charge is 0.467 e. The summed E-state index contributed by atoms with van der Waals surface area (Å²) >= 11 is 0. The highest BCUT2D eigenvalue weighted by molar-refractivity contribution is 5.86. The van der Waals surface area contributed by atoms with Gasteiger partial charge in [-0.25, -0.2) is 4.79 Å². The lowest BCUT2D eigenvalue weighted by molar-refractivity contribution is -0.147. The SMILES string of the molecule is CCC(C)C(NC(=O)C1CNCC1C)C(=O)OC. The van der Waals surface area contributed by atoms with E-state index in [1.54, 1.807) is 0 Å². The number of rotatable bonds is 5. The summed E-state index contributed by atoms with van der Waals surface area (Å²) in [6.07, 6.45) is 0.818. The van der Waals surface area contributed by atoms with Crippen molar-refractivity contribution < 1.29 is 14.3 Å². The number of hydrogen-bond donors (Lipinski definition) is 2. The Balaban J connectivity index is 2.65. The number of methoxy groups -OCH3 is 1. The maximum absolute atomic E-state index is 12.1. The van der Waals surface area contributed by atoms with E-state index < -0.39 is 6.04 Å². The Morgan fingerprint density at radius 1 is 1.44 bits per heavy atom. The average molecular weight is 256 g/mol. The van der Waals surface area contributed by atoms with E-state index in [4.69, 9.17) is 4.74 Å². The Hall–Kier alpha value is -1.10. The van der Waals surface area contributed by atoms with Crippen molar-refractivity contribution in [3.63, 3.8) is 0 Å². The zero-order chi connectivity index (χ0) is 13.7. The number of carbonyl (C=O) groups excluding carboxylic acids is 2. The van der Waals surface area contributed by atoms with Gasteiger partial charge in [0.25, 0.3) is 0 Å². The zero-order valence-corrected chi connectivity index (χ0v) is 11.7. The lowest BCUT2D eigenvalue weighted by Crippen LogP contribution is -2.48. The van der Waals surface area contributed by atoms with Crippen molar-refractivity contribution in [3.05, 3.63) is 0 Å². The highest BCUT2D eigenvalue weighted by atomic mass is 16.5. The number of ether oxygens (including phenoxy) is 1. The van der Waals surface area contributed by atoms with Crippen LogP contribution in [0.15, 0.2) is 0 Å². The Morgan fingerprint density at radius 2 is 2.11 bits per heavy atom. The topological polar surface area (TPSA) is 67.4 Å². The summed E-state index contributed by atoms with van der Waals surface area (Å²) in [6.45, 7) is 7.51. The minimum absolute atomic E-state index is 0.0526. The fourth-order valence-electron chi connectivity index (χ4n) is 2.22. The van der Waals surface area contributed by atoms with Crippen LogP contribution in [0.2, 0.25) is 0 Å². The molecule has 0 aliphatic carbocycles. The molecule has 1 rings (SSSR count). The summed E-state index contributed by atoms with van der Waals surface area (Å²) in [6, 6.07) is -0.541. The maximum atomic E-state index is 12.1. The first-order chi connectivity index (χ1) is 8.51. The van der Waals surface area contributed by atoms with Gasteiger partial charge >= 0.3 is 5.97 Å². The molecule has 1 aliphatic rings. The monoisotopic (exact) mass is 256 g/mol. The van der Waals surface area contributed by atoms with Gasteiger partial charge in [-0.05, 0) is 18.4 Å². The van der Waals surface area contributed by atoms with E-state index in [1.165, 1.54) is 7.11 Å². The van der Waals surface area contributed by atoms with Gasteiger partial charge < -0.3 is 15.4 Å². The molecule has 1 aliphatic heterocycles. The smallest absolute Gasteiger partial charge is 0.328 e. The van der Waals surface area contributed by atoms with Crippen molar-refractivity contribution in [2.24, 2.45) is 17.8 Å². The van der Waals surface area contributed by atoms with Gasteiger partial charge in [-0.15, -0.1) is 0 Å². The van der Waals surface area contributed by atoms with Gasteiger partial charge in [0.1, 0.15) is 6.04 Å². The molecule has 4 unspecified atom stereocenters. The molecule has 0 saturated carbocycles. The quantitative estimate of drug-likeness (QED) is 0.705. The zero-order valence-electron chi connectivity index (χ0n) is 11.7. The van der Waals surface area contributed by atoms with Gasteiger partial charge in [0, 0.05) is 6.54 Å². The van der Waals surface area contributed by atoms with Crippen molar-refractivity contribution in [2.75, 3.05) is 20.2 Å². The molecule has 104 valence electrons. The van der Waals surface area contributed by atoms with Crippen LogP contribution in [0.3, 0.4) is 0 Å². The summed E-state index contributed by atoms with van der Waals surface area (Å²) in [5.74, 6) is -0.0907. The second-order valence-electron chi connectivity index (χ2n) is 5.14. The second kappa shape index (κ2) is 6.73. The van der Waals surface area contributed by atoms with E-state index in [-0.39, 0.29) is 23.7 Å². The Labute approximate surface area is 109 Å². The highest BCUT2D eigenvalue weighted by Crippen LogP contribution is 2.17. The Bertz CT molecular complexity index is 307. The lowest BCUT2D eigenvalue weighted by atomic mass is 9.94. The van der Waals surface area contributed by atoms with Crippen molar-refractivity contribution in [2.45, 2.75) is 33.2 Å². The predicted molar refractivity (Wildman–Crippen MR) is 68.9 cm³/mol. The average Bonchev–Trinajstić information content (AvgIpc) is 2.80. The van der Waals surface area contributed by atoms with Gasteiger partial charge in [0.05, 0.1) is 13.0 Å². The summed E-state index contributed by atoms with van der Waals surface area (Å²) in [5.41, 5.74) is 0. The van der Waals surface area contributed by atoms with Crippen molar-refractivity contribution >= 4 is 11.9 Å². The van der Waals surface area contributed by atoms with Gasteiger partial charge in [-0.2, -0.15) is 0 Å². The van der Waals surface area contributed by atoms with Gasteiger partial charge in [0.15, 0.2) is 0 Å². The lowest BCUT2D eigenvalue weighted by Gasteiger charge is -2.24. The standard InChI is InChI=1S/C13H24N2O3/c1-5-8(2)11(13(17)18-4)15-12(16)10-7-14-6-9(10)3/h8-11,14H,5-7H2,1-4H3,(H,15,16). The number of carbonyl (C=O) groups is 2. The number of amides is 1. The molecule has 0 aromatic carbocycles. The molecule has 1 heterocycles. The molecular formula is C13H24N2O3. The molecule has 1 amide bonds. The minimum Gasteiger partial charge on any atom is -0.467 e. The number of nitrogens with one attached hydrogen (secondary N) is 2. The first-order valence-corrected chi connectivity index (χ1v) is 6.60. The predicted octanol–water partition coefficient (Wildman–Crippen LogP) is 0.546. The van der Waals surface area contributed by atoms with Crippen LogP contribution in [-0.4, -0.2) is 38.1 Å². The fourth-order valence-corrected chi connectivity index (χ4v) is 2.22. The highest BCUT2D eigenvalue weighted by Gasteiger charge is 2.34. The summed E-state index contributed by atoms with van der Waals surface area (Å²) < 4.78 is 4.76. The molecule has 5 heteroatoms. The third-order valence-corrected chi connectivity index (χ3v) is 3.82. The number of hydrogen-bond acceptors (Lipinski definition) is 4. The van der Waals surface area contributed by atoms with Crippen LogP contribution >= 0.6 is 0 Å². The second-order valence-corrected chi connectivity index (χ2v) is 5.14. The van der Waals surface area contributed by atoms with Crippen LogP contribution in [0.25, 0.3) is 0 Å². The normalized spacial score (nSPS) is 26.4. The molecule has 1 saturated heterocycles. The van der Waals surface area contributed by atoms with Gasteiger partial charge in [0.2, 0.25) is 5.91 Å². The van der Waals surface area contributed by atoms with E-state index in [9.17, 15) is 9.59 Å². The summed E-state index contributed by atoms with van der Waals surface area (Å²) in [4.78, 5) is 23.8. The van der Waals surface area contributed by atoms with Gasteiger partial charge in [-0.1, -0.05) is 27.2 Å². The maximum Gasteiger partial charge on any atom is 0.328 e. The summed E-state index contributed by atoms with van der Waals surface area (Å²) in [7, 11) is 1.35. The molecule has 0 spiro atoms. The third kappa shape index (κ3) is 3.45. The third-order valence-electron chi connectivity index (χ3n) is 3.82. The van der Waals surface area contributed by atoms with Crippen LogP contribution in [0.5, 0.6) is 0 Å². The Kier molecular flexibility index (Phi) is 5.59. The van der Waals surface area contributed by atoms with E-state index in [1.807, 2.05) is 20.8 Å². The van der Waals surface area contributed by atoms with Crippen molar-refractivity contribution in [3.8, 4) is 0 Å². The molecule has 18 heavy (non-hydrogen) atoms. The molecular weight excluding hydrogens is 232 g/mol. The molecule has 4 atom stereocenters. The molecule has 2 N–H and O–H groups in total. The van der Waals surface area contributed by atoms with Crippen molar-refractivity contribution in [1.82, 2.24) is 10.6 Å². The van der Waals surface area contributed by atoms with E-state index in [2.05, 4.69) is 10.6 Å². The van der Waals surface area contributed by atoms with Crippen LogP contribution in [0, 0.1) is 17.8 Å². The first-order valence-electron chi connectivity index (χ1n) is 6.60.